The first kappa shape index (κ1) is 17.2. The average molecular weight is 288 g/mol. The minimum Gasteiger partial charge on any atom is -0.442 e. The zero-order valence-corrected chi connectivity index (χ0v) is 13.2. The third-order valence-corrected chi connectivity index (χ3v) is 2.97. The van der Waals surface area contributed by atoms with Crippen LogP contribution in [-0.4, -0.2) is 43.6 Å². The predicted octanol–water partition coefficient (Wildman–Crippen LogP) is 1.85. The van der Waals surface area contributed by atoms with Crippen LogP contribution >= 0.6 is 0 Å². The monoisotopic (exact) mass is 288 g/mol. The van der Waals surface area contributed by atoms with Gasteiger partial charge in [0.15, 0.2) is 0 Å². The van der Waals surface area contributed by atoms with Crippen molar-refractivity contribution in [2.45, 2.75) is 58.8 Å². The van der Waals surface area contributed by atoms with E-state index >= 15 is 0 Å². The van der Waals surface area contributed by atoms with Crippen molar-refractivity contribution in [3.05, 3.63) is 0 Å². The van der Waals surface area contributed by atoms with Gasteiger partial charge in [-0.1, -0.05) is 13.8 Å². The van der Waals surface area contributed by atoms with Crippen LogP contribution in [0, 0.1) is 5.92 Å². The fraction of sp³-hybridized carbons (Fsp3) is 0.929. The fourth-order valence-electron chi connectivity index (χ4n) is 1.81. The summed E-state index contributed by atoms with van der Waals surface area (Å²) in [6.07, 6.45) is 0.347. The van der Waals surface area contributed by atoms with Crippen LogP contribution < -0.4 is 10.8 Å². The lowest BCUT2D eigenvalue weighted by molar-refractivity contribution is -0.0576. The number of carbonyl (C=O) groups excluding carboxylic acids is 1. The van der Waals surface area contributed by atoms with E-state index in [1.54, 1.807) is 0 Å². The molecule has 1 amide bonds. The molecule has 1 heterocycles. The van der Waals surface area contributed by atoms with E-state index in [2.05, 4.69) is 10.8 Å². The summed E-state index contributed by atoms with van der Waals surface area (Å²) in [4.78, 5) is 17.0. The van der Waals surface area contributed by atoms with Crippen molar-refractivity contribution in [3.63, 3.8) is 0 Å². The molecular weight excluding hydrogens is 260 g/mol. The molecule has 0 aromatic carbocycles. The van der Waals surface area contributed by atoms with Crippen LogP contribution in [0.1, 0.15) is 41.0 Å². The first-order chi connectivity index (χ1) is 9.28. The van der Waals surface area contributed by atoms with Crippen molar-refractivity contribution >= 4 is 6.09 Å². The molecule has 1 rings (SSSR count). The molecule has 0 aromatic heterocycles. The fourth-order valence-corrected chi connectivity index (χ4v) is 1.81. The average Bonchev–Trinajstić information content (AvgIpc) is 2.78. The normalized spacial score (nSPS) is 21.0. The lowest BCUT2D eigenvalue weighted by Crippen LogP contribution is -2.43. The molecule has 6 heteroatoms. The predicted molar refractivity (Wildman–Crippen MR) is 76.3 cm³/mol. The molecule has 20 heavy (non-hydrogen) atoms. The largest absolute Gasteiger partial charge is 0.442 e. The van der Waals surface area contributed by atoms with E-state index in [0.29, 0.717) is 12.6 Å². The zero-order chi connectivity index (χ0) is 15.2. The van der Waals surface area contributed by atoms with Crippen molar-refractivity contribution in [1.29, 1.82) is 0 Å². The molecule has 0 aromatic rings. The molecule has 0 spiro atoms. The summed E-state index contributed by atoms with van der Waals surface area (Å²) >= 11 is 0. The van der Waals surface area contributed by atoms with Gasteiger partial charge in [0.05, 0.1) is 6.61 Å². The van der Waals surface area contributed by atoms with Crippen molar-refractivity contribution in [1.82, 2.24) is 10.8 Å². The maximum atomic E-state index is 11.5. The Hall–Kier alpha value is -0.850. The van der Waals surface area contributed by atoms with Crippen molar-refractivity contribution in [2.24, 2.45) is 5.92 Å². The van der Waals surface area contributed by atoms with Gasteiger partial charge in [-0.15, -0.1) is 0 Å². The van der Waals surface area contributed by atoms with E-state index in [1.807, 2.05) is 34.6 Å². The van der Waals surface area contributed by atoms with Gasteiger partial charge in [-0.3, -0.25) is 4.84 Å². The quantitative estimate of drug-likeness (QED) is 0.730. The Labute approximate surface area is 121 Å². The first-order valence-electron chi connectivity index (χ1n) is 7.23. The summed E-state index contributed by atoms with van der Waals surface area (Å²) in [5, 5.41) is 3.39. The number of amides is 1. The number of carbonyl (C=O) groups is 1. The number of rotatable bonds is 6. The van der Waals surface area contributed by atoms with Crippen LogP contribution in [0.15, 0.2) is 0 Å². The summed E-state index contributed by atoms with van der Waals surface area (Å²) in [6.45, 7) is 11.8. The Kier molecular flexibility index (Phi) is 6.71. The zero-order valence-electron chi connectivity index (χ0n) is 13.2. The van der Waals surface area contributed by atoms with E-state index in [1.165, 1.54) is 0 Å². The molecule has 1 aliphatic rings. The molecule has 0 radical (unpaired) electrons. The molecule has 6 nitrogen and oxygen atoms in total. The molecule has 2 N–H and O–H groups in total. The van der Waals surface area contributed by atoms with Crippen molar-refractivity contribution in [2.75, 3.05) is 19.8 Å². The first-order valence-corrected chi connectivity index (χ1v) is 7.23. The lowest BCUT2D eigenvalue weighted by Gasteiger charge is -2.25. The van der Waals surface area contributed by atoms with E-state index in [9.17, 15) is 4.79 Å². The maximum Gasteiger partial charge on any atom is 0.431 e. The van der Waals surface area contributed by atoms with Gasteiger partial charge in [-0.2, -0.15) is 5.48 Å². The van der Waals surface area contributed by atoms with Crippen LogP contribution in [0.2, 0.25) is 0 Å². The van der Waals surface area contributed by atoms with Gasteiger partial charge in [0.1, 0.15) is 11.7 Å². The van der Waals surface area contributed by atoms with E-state index in [4.69, 9.17) is 14.3 Å². The Morgan fingerprint density at radius 2 is 2.10 bits per heavy atom. The van der Waals surface area contributed by atoms with Gasteiger partial charge in [-0.05, 0) is 33.1 Å². The van der Waals surface area contributed by atoms with Crippen LogP contribution in [0.3, 0.4) is 0 Å². The minimum atomic E-state index is -0.563. The summed E-state index contributed by atoms with van der Waals surface area (Å²) in [6, 6.07) is 0.376. The maximum absolute atomic E-state index is 11.5. The summed E-state index contributed by atoms with van der Waals surface area (Å²) in [5.74, 6) is 0.278. The van der Waals surface area contributed by atoms with Crippen molar-refractivity contribution in [3.8, 4) is 0 Å². The summed E-state index contributed by atoms with van der Waals surface area (Å²) in [5.41, 5.74) is 1.84. The number of hydrogen-bond acceptors (Lipinski definition) is 5. The topological polar surface area (TPSA) is 68.8 Å². The molecule has 2 atom stereocenters. The molecule has 118 valence electrons. The van der Waals surface area contributed by atoms with Crippen molar-refractivity contribution < 1.29 is 19.1 Å². The molecule has 0 saturated carbocycles. The van der Waals surface area contributed by atoms with Gasteiger partial charge in [0.25, 0.3) is 0 Å². The van der Waals surface area contributed by atoms with Gasteiger partial charge in [0.2, 0.25) is 0 Å². The van der Waals surface area contributed by atoms with Gasteiger partial charge in [0, 0.05) is 19.2 Å². The Balaban J connectivity index is 2.29. The summed E-state index contributed by atoms with van der Waals surface area (Å²) in [7, 11) is 0. The third-order valence-electron chi connectivity index (χ3n) is 2.97. The molecule has 1 aliphatic heterocycles. The Morgan fingerprint density at radius 3 is 2.60 bits per heavy atom. The Bertz CT molecular complexity index is 296. The number of hydroxylamine groups is 1. The summed E-state index contributed by atoms with van der Waals surface area (Å²) < 4.78 is 10.4. The highest BCUT2D eigenvalue weighted by Crippen LogP contribution is 2.09. The number of hydrogen-bond donors (Lipinski definition) is 2. The molecule has 0 aliphatic carbocycles. The van der Waals surface area contributed by atoms with Crippen LogP contribution in [0.5, 0.6) is 0 Å². The van der Waals surface area contributed by atoms with Crippen LogP contribution in [-0.2, 0) is 14.3 Å². The number of nitrogens with one attached hydrogen (secondary N) is 2. The molecule has 1 fully saturated rings. The molecule has 1 saturated heterocycles. The highest BCUT2D eigenvalue weighted by molar-refractivity contribution is 5.66. The second-order valence-corrected chi connectivity index (χ2v) is 6.47. The molecule has 2 unspecified atom stereocenters. The van der Waals surface area contributed by atoms with Crippen LogP contribution in [0.25, 0.3) is 0 Å². The van der Waals surface area contributed by atoms with Gasteiger partial charge >= 0.3 is 6.09 Å². The van der Waals surface area contributed by atoms with E-state index < -0.39 is 11.7 Å². The molecular formula is C14H28N2O4. The van der Waals surface area contributed by atoms with Gasteiger partial charge < -0.3 is 14.8 Å². The minimum absolute atomic E-state index is 0.108. The lowest BCUT2D eigenvalue weighted by atomic mass is 10.1. The highest BCUT2D eigenvalue weighted by atomic mass is 16.7. The van der Waals surface area contributed by atoms with Gasteiger partial charge in [-0.25, -0.2) is 4.79 Å². The van der Waals surface area contributed by atoms with E-state index in [-0.39, 0.29) is 12.0 Å². The third kappa shape index (κ3) is 7.07. The Morgan fingerprint density at radius 1 is 1.40 bits per heavy atom. The standard InChI is InChI=1S/C14H28N2O4/c1-10(2)12(8-15-11-6-7-18-9-11)20-16-13(17)19-14(3,4)5/h10-12,15H,6-9H2,1-5H3,(H,16,17). The highest BCUT2D eigenvalue weighted by Gasteiger charge is 2.22. The van der Waals surface area contributed by atoms with E-state index in [0.717, 1.165) is 19.6 Å². The smallest absolute Gasteiger partial charge is 0.431 e. The number of ether oxygens (including phenoxy) is 2. The SMILES string of the molecule is CC(C)C(CNC1CCOC1)ONC(=O)OC(C)(C)C. The second-order valence-electron chi connectivity index (χ2n) is 6.47. The second kappa shape index (κ2) is 7.81. The van der Waals surface area contributed by atoms with Crippen LogP contribution in [0.4, 0.5) is 4.79 Å². The molecule has 0 bridgehead atoms.